The van der Waals surface area contributed by atoms with Gasteiger partial charge in [-0.3, -0.25) is 9.48 Å². The third-order valence-corrected chi connectivity index (χ3v) is 4.83. The van der Waals surface area contributed by atoms with Crippen molar-refractivity contribution in [1.29, 1.82) is 0 Å². The van der Waals surface area contributed by atoms with Crippen LogP contribution in [-0.4, -0.2) is 50.4 Å². The van der Waals surface area contributed by atoms with Crippen LogP contribution in [0, 0.1) is 5.92 Å². The summed E-state index contributed by atoms with van der Waals surface area (Å²) in [7, 11) is 0. The minimum atomic E-state index is 0.277. The SMILES string of the molecule is CCCSCC(=O)N1CCCC(Cn2cc(CN)nn2)C1. The van der Waals surface area contributed by atoms with E-state index in [0.29, 0.717) is 18.2 Å². The van der Waals surface area contributed by atoms with Gasteiger partial charge < -0.3 is 10.6 Å². The highest BCUT2D eigenvalue weighted by Crippen LogP contribution is 2.19. The van der Waals surface area contributed by atoms with Crippen molar-refractivity contribution in [2.45, 2.75) is 39.3 Å². The normalized spacial score (nSPS) is 19.0. The largest absolute Gasteiger partial charge is 0.342 e. The number of hydrogen-bond donors (Lipinski definition) is 1. The molecule has 0 saturated carbocycles. The molecule has 7 heteroatoms. The van der Waals surface area contributed by atoms with Crippen LogP contribution in [-0.2, 0) is 17.9 Å². The third-order valence-electron chi connectivity index (χ3n) is 3.69. The van der Waals surface area contributed by atoms with Crippen LogP contribution >= 0.6 is 11.8 Å². The Kier molecular flexibility index (Phi) is 6.50. The van der Waals surface area contributed by atoms with Crippen LogP contribution in [0.2, 0.25) is 0 Å². The number of nitrogens with two attached hydrogens (primary N) is 1. The molecule has 0 radical (unpaired) electrons. The van der Waals surface area contributed by atoms with Crippen LogP contribution in [0.5, 0.6) is 0 Å². The molecular weight excluding hydrogens is 286 g/mol. The molecule has 1 fully saturated rings. The van der Waals surface area contributed by atoms with Gasteiger partial charge in [-0.1, -0.05) is 12.1 Å². The van der Waals surface area contributed by atoms with Gasteiger partial charge >= 0.3 is 0 Å². The van der Waals surface area contributed by atoms with E-state index in [9.17, 15) is 4.79 Å². The molecule has 21 heavy (non-hydrogen) atoms. The van der Waals surface area contributed by atoms with Gasteiger partial charge in [0.05, 0.1) is 11.4 Å². The maximum atomic E-state index is 12.2. The highest BCUT2D eigenvalue weighted by molar-refractivity contribution is 7.99. The summed E-state index contributed by atoms with van der Waals surface area (Å²) in [6.07, 6.45) is 5.24. The van der Waals surface area contributed by atoms with E-state index in [-0.39, 0.29) is 5.91 Å². The molecule has 6 nitrogen and oxygen atoms in total. The van der Waals surface area contributed by atoms with Crippen molar-refractivity contribution < 1.29 is 4.79 Å². The van der Waals surface area contributed by atoms with Crippen LogP contribution in [0.4, 0.5) is 0 Å². The molecule has 0 aromatic carbocycles. The quantitative estimate of drug-likeness (QED) is 0.764. The van der Waals surface area contributed by atoms with E-state index in [1.807, 2.05) is 15.8 Å². The summed E-state index contributed by atoms with van der Waals surface area (Å²) in [5.41, 5.74) is 6.36. The minimum Gasteiger partial charge on any atom is -0.342 e. The number of carbonyl (C=O) groups is 1. The Morgan fingerprint density at radius 1 is 1.57 bits per heavy atom. The van der Waals surface area contributed by atoms with Crippen molar-refractivity contribution in [2.75, 3.05) is 24.6 Å². The average Bonchev–Trinajstić information content (AvgIpc) is 2.95. The number of rotatable bonds is 7. The van der Waals surface area contributed by atoms with Crippen LogP contribution in [0.3, 0.4) is 0 Å². The molecule has 1 atom stereocenters. The van der Waals surface area contributed by atoms with Crippen LogP contribution in [0.25, 0.3) is 0 Å². The second kappa shape index (κ2) is 8.38. The predicted molar refractivity (Wildman–Crippen MR) is 84.8 cm³/mol. The lowest BCUT2D eigenvalue weighted by Gasteiger charge is -2.32. The van der Waals surface area contributed by atoms with Gasteiger partial charge in [0.1, 0.15) is 0 Å². The minimum absolute atomic E-state index is 0.277. The molecule has 1 aromatic rings. The first-order valence-electron chi connectivity index (χ1n) is 7.67. The van der Waals surface area contributed by atoms with Gasteiger partial charge in [0.15, 0.2) is 0 Å². The number of aromatic nitrogens is 3. The number of thioether (sulfide) groups is 1. The van der Waals surface area contributed by atoms with Gasteiger partial charge in [-0.05, 0) is 30.9 Å². The zero-order chi connectivity index (χ0) is 15.1. The Hall–Kier alpha value is -1.08. The smallest absolute Gasteiger partial charge is 0.232 e. The first-order valence-corrected chi connectivity index (χ1v) is 8.83. The van der Waals surface area contributed by atoms with E-state index in [1.54, 1.807) is 11.8 Å². The van der Waals surface area contributed by atoms with Gasteiger partial charge in [-0.25, -0.2) is 0 Å². The number of nitrogens with zero attached hydrogens (tertiary/aromatic N) is 4. The number of likely N-dealkylation sites (tertiary alicyclic amines) is 1. The first-order chi connectivity index (χ1) is 10.2. The van der Waals surface area contributed by atoms with Gasteiger partial charge in [-0.2, -0.15) is 11.8 Å². The van der Waals surface area contributed by atoms with E-state index in [1.165, 1.54) is 0 Å². The summed E-state index contributed by atoms with van der Waals surface area (Å²) >= 11 is 1.73. The van der Waals surface area contributed by atoms with Crippen molar-refractivity contribution in [3.05, 3.63) is 11.9 Å². The molecule has 1 aliphatic rings. The summed E-state index contributed by atoms with van der Waals surface area (Å²) < 4.78 is 1.85. The van der Waals surface area contributed by atoms with Gasteiger partial charge in [0.25, 0.3) is 0 Å². The third kappa shape index (κ3) is 5.00. The molecule has 2 N–H and O–H groups in total. The number of piperidine rings is 1. The van der Waals surface area contributed by atoms with Crippen LogP contribution < -0.4 is 5.73 Å². The molecule has 1 aliphatic heterocycles. The molecule has 1 amide bonds. The fourth-order valence-electron chi connectivity index (χ4n) is 2.62. The first kappa shape index (κ1) is 16.3. The van der Waals surface area contributed by atoms with Crippen molar-refractivity contribution in [2.24, 2.45) is 11.7 Å². The van der Waals surface area contributed by atoms with Crippen molar-refractivity contribution in [3.8, 4) is 0 Å². The molecule has 1 aromatic heterocycles. The van der Waals surface area contributed by atoms with Gasteiger partial charge in [-0.15, -0.1) is 5.10 Å². The molecule has 0 aliphatic carbocycles. The zero-order valence-electron chi connectivity index (χ0n) is 12.7. The van der Waals surface area contributed by atoms with E-state index in [0.717, 1.165) is 50.3 Å². The van der Waals surface area contributed by atoms with Crippen molar-refractivity contribution in [1.82, 2.24) is 19.9 Å². The highest BCUT2D eigenvalue weighted by atomic mass is 32.2. The van der Waals surface area contributed by atoms with E-state index in [2.05, 4.69) is 17.2 Å². The topological polar surface area (TPSA) is 77.0 Å². The lowest BCUT2D eigenvalue weighted by molar-refractivity contribution is -0.130. The molecule has 2 rings (SSSR count). The standard InChI is InChI=1S/C14H25N5OS/c1-2-6-21-11-14(20)18-5-3-4-12(8-18)9-19-10-13(7-15)16-17-19/h10,12H,2-9,11,15H2,1H3. The average molecular weight is 311 g/mol. The van der Waals surface area contributed by atoms with E-state index < -0.39 is 0 Å². The maximum Gasteiger partial charge on any atom is 0.232 e. The zero-order valence-corrected chi connectivity index (χ0v) is 13.5. The molecule has 2 heterocycles. The Morgan fingerprint density at radius 2 is 2.43 bits per heavy atom. The fraction of sp³-hybridized carbons (Fsp3) is 0.786. The fourth-order valence-corrected chi connectivity index (χ4v) is 3.41. The predicted octanol–water partition coefficient (Wildman–Crippen LogP) is 1.12. The molecular formula is C14H25N5OS. The maximum absolute atomic E-state index is 12.2. The molecule has 0 bridgehead atoms. The Bertz CT molecular complexity index is 450. The van der Waals surface area contributed by atoms with Gasteiger partial charge in [0, 0.05) is 32.4 Å². The molecule has 118 valence electrons. The lowest BCUT2D eigenvalue weighted by atomic mass is 9.98. The lowest BCUT2D eigenvalue weighted by Crippen LogP contribution is -2.42. The number of amides is 1. The van der Waals surface area contributed by atoms with E-state index >= 15 is 0 Å². The highest BCUT2D eigenvalue weighted by Gasteiger charge is 2.24. The Balaban J connectivity index is 1.81. The molecule has 1 saturated heterocycles. The summed E-state index contributed by atoms with van der Waals surface area (Å²) in [6.45, 7) is 5.11. The van der Waals surface area contributed by atoms with Crippen molar-refractivity contribution >= 4 is 17.7 Å². The Labute approximate surface area is 130 Å². The monoisotopic (exact) mass is 311 g/mol. The summed E-state index contributed by atoms with van der Waals surface area (Å²) in [4.78, 5) is 14.2. The van der Waals surface area contributed by atoms with Gasteiger partial charge in [0.2, 0.25) is 5.91 Å². The number of carbonyl (C=O) groups excluding carboxylic acids is 1. The van der Waals surface area contributed by atoms with Crippen LogP contribution in [0.15, 0.2) is 6.20 Å². The van der Waals surface area contributed by atoms with Crippen molar-refractivity contribution in [3.63, 3.8) is 0 Å². The second-order valence-electron chi connectivity index (χ2n) is 5.54. The van der Waals surface area contributed by atoms with Crippen LogP contribution in [0.1, 0.15) is 31.9 Å². The Morgan fingerprint density at radius 3 is 3.14 bits per heavy atom. The van der Waals surface area contributed by atoms with E-state index in [4.69, 9.17) is 5.73 Å². The molecule has 1 unspecified atom stereocenters. The molecule has 0 spiro atoms. The summed E-state index contributed by atoms with van der Waals surface area (Å²) in [5.74, 6) is 2.41. The summed E-state index contributed by atoms with van der Waals surface area (Å²) in [5, 5.41) is 8.10. The summed E-state index contributed by atoms with van der Waals surface area (Å²) in [6, 6.07) is 0. The number of hydrogen-bond acceptors (Lipinski definition) is 5. The second-order valence-corrected chi connectivity index (χ2v) is 6.64.